The van der Waals surface area contributed by atoms with Crippen molar-refractivity contribution in [3.05, 3.63) is 23.3 Å². The molecule has 0 bridgehead atoms. The SMILES string of the molecule is CCCc1c(OC)cc(CO)cc1OC. The largest absolute Gasteiger partial charge is 0.496 e. The average molecular weight is 210 g/mol. The molecule has 1 aromatic carbocycles. The molecular formula is C12H18O3. The number of hydrogen-bond acceptors (Lipinski definition) is 3. The Morgan fingerprint density at radius 1 is 1.13 bits per heavy atom. The first-order valence-corrected chi connectivity index (χ1v) is 5.11. The van der Waals surface area contributed by atoms with Crippen molar-refractivity contribution in [2.75, 3.05) is 14.2 Å². The molecule has 84 valence electrons. The van der Waals surface area contributed by atoms with Crippen LogP contribution in [0.5, 0.6) is 11.5 Å². The molecule has 1 N–H and O–H groups in total. The maximum Gasteiger partial charge on any atom is 0.126 e. The predicted octanol–water partition coefficient (Wildman–Crippen LogP) is 2.15. The number of aliphatic hydroxyl groups is 1. The van der Waals surface area contributed by atoms with Gasteiger partial charge < -0.3 is 14.6 Å². The predicted molar refractivity (Wildman–Crippen MR) is 59.5 cm³/mol. The molecule has 0 saturated carbocycles. The lowest BCUT2D eigenvalue weighted by Gasteiger charge is -2.14. The summed E-state index contributed by atoms with van der Waals surface area (Å²) in [6, 6.07) is 3.71. The summed E-state index contributed by atoms with van der Waals surface area (Å²) >= 11 is 0. The van der Waals surface area contributed by atoms with Crippen LogP contribution < -0.4 is 9.47 Å². The third-order valence-electron chi connectivity index (χ3n) is 2.35. The summed E-state index contributed by atoms with van der Waals surface area (Å²) in [6.07, 6.45) is 1.95. The van der Waals surface area contributed by atoms with Gasteiger partial charge in [-0.3, -0.25) is 0 Å². The zero-order valence-corrected chi connectivity index (χ0v) is 9.54. The fourth-order valence-corrected chi connectivity index (χ4v) is 1.63. The maximum atomic E-state index is 9.09. The molecule has 0 fully saturated rings. The Bertz CT molecular complexity index is 296. The van der Waals surface area contributed by atoms with Gasteiger partial charge in [-0.2, -0.15) is 0 Å². The highest BCUT2D eigenvalue weighted by molar-refractivity contribution is 5.48. The van der Waals surface area contributed by atoms with Crippen LogP contribution in [0, 0.1) is 0 Å². The van der Waals surface area contributed by atoms with Crippen molar-refractivity contribution in [2.24, 2.45) is 0 Å². The fraction of sp³-hybridized carbons (Fsp3) is 0.500. The molecule has 0 aliphatic carbocycles. The fourth-order valence-electron chi connectivity index (χ4n) is 1.63. The molecule has 0 radical (unpaired) electrons. The molecule has 0 unspecified atom stereocenters. The first kappa shape index (κ1) is 11.9. The Morgan fingerprint density at radius 3 is 2.00 bits per heavy atom. The molecule has 0 aromatic heterocycles. The van der Waals surface area contributed by atoms with E-state index >= 15 is 0 Å². The van der Waals surface area contributed by atoms with Crippen molar-refractivity contribution in [3.63, 3.8) is 0 Å². The van der Waals surface area contributed by atoms with E-state index in [9.17, 15) is 0 Å². The van der Waals surface area contributed by atoms with E-state index in [4.69, 9.17) is 14.6 Å². The highest BCUT2D eigenvalue weighted by Crippen LogP contribution is 2.31. The minimum Gasteiger partial charge on any atom is -0.496 e. The Labute approximate surface area is 90.6 Å². The highest BCUT2D eigenvalue weighted by Gasteiger charge is 2.11. The van der Waals surface area contributed by atoms with Gasteiger partial charge in [0, 0.05) is 5.56 Å². The second-order valence-electron chi connectivity index (χ2n) is 3.39. The van der Waals surface area contributed by atoms with Gasteiger partial charge in [-0.25, -0.2) is 0 Å². The zero-order chi connectivity index (χ0) is 11.3. The second-order valence-corrected chi connectivity index (χ2v) is 3.39. The molecule has 15 heavy (non-hydrogen) atoms. The Kier molecular flexibility index (Phi) is 4.43. The second kappa shape index (κ2) is 5.61. The van der Waals surface area contributed by atoms with Crippen LogP contribution in [-0.4, -0.2) is 19.3 Å². The Balaban J connectivity index is 3.19. The summed E-state index contributed by atoms with van der Waals surface area (Å²) in [4.78, 5) is 0. The van der Waals surface area contributed by atoms with Crippen molar-refractivity contribution in [1.82, 2.24) is 0 Å². The van der Waals surface area contributed by atoms with Gasteiger partial charge in [0.15, 0.2) is 0 Å². The van der Waals surface area contributed by atoms with Gasteiger partial charge in [-0.15, -0.1) is 0 Å². The summed E-state index contributed by atoms with van der Waals surface area (Å²) in [5, 5.41) is 9.09. The quantitative estimate of drug-likeness (QED) is 0.809. The molecular weight excluding hydrogens is 192 g/mol. The molecule has 0 heterocycles. The summed E-state index contributed by atoms with van der Waals surface area (Å²) in [5.41, 5.74) is 1.88. The van der Waals surface area contributed by atoms with E-state index in [1.165, 1.54) is 0 Å². The summed E-state index contributed by atoms with van der Waals surface area (Å²) in [6.45, 7) is 2.11. The minimum absolute atomic E-state index is 0.000868. The van der Waals surface area contributed by atoms with Gasteiger partial charge in [0.2, 0.25) is 0 Å². The van der Waals surface area contributed by atoms with Gasteiger partial charge in [-0.1, -0.05) is 13.3 Å². The van der Waals surface area contributed by atoms with Gasteiger partial charge in [0.05, 0.1) is 20.8 Å². The topological polar surface area (TPSA) is 38.7 Å². The van der Waals surface area contributed by atoms with E-state index in [2.05, 4.69) is 6.92 Å². The molecule has 1 aromatic rings. The van der Waals surface area contributed by atoms with Crippen LogP contribution in [0.3, 0.4) is 0 Å². The van der Waals surface area contributed by atoms with Crippen LogP contribution in [0.2, 0.25) is 0 Å². The van der Waals surface area contributed by atoms with E-state index in [1.807, 2.05) is 12.1 Å². The third-order valence-corrected chi connectivity index (χ3v) is 2.35. The van der Waals surface area contributed by atoms with Crippen LogP contribution in [-0.2, 0) is 13.0 Å². The van der Waals surface area contributed by atoms with E-state index < -0.39 is 0 Å². The molecule has 3 nitrogen and oxygen atoms in total. The molecule has 0 saturated heterocycles. The van der Waals surface area contributed by atoms with Gasteiger partial charge in [0.1, 0.15) is 11.5 Å². The maximum absolute atomic E-state index is 9.09. The molecule has 3 heteroatoms. The number of aliphatic hydroxyl groups excluding tert-OH is 1. The van der Waals surface area contributed by atoms with E-state index in [1.54, 1.807) is 14.2 Å². The lowest BCUT2D eigenvalue weighted by Crippen LogP contribution is -1.99. The first-order chi connectivity index (χ1) is 7.26. The smallest absolute Gasteiger partial charge is 0.126 e. The monoisotopic (exact) mass is 210 g/mol. The van der Waals surface area contributed by atoms with Crippen molar-refractivity contribution in [3.8, 4) is 11.5 Å². The number of methoxy groups -OCH3 is 2. The number of ether oxygens (including phenoxy) is 2. The van der Waals surface area contributed by atoms with Gasteiger partial charge in [0.25, 0.3) is 0 Å². The highest BCUT2D eigenvalue weighted by atomic mass is 16.5. The number of hydrogen-bond donors (Lipinski definition) is 1. The Hall–Kier alpha value is -1.22. The third kappa shape index (κ3) is 2.63. The van der Waals surface area contributed by atoms with Crippen LogP contribution >= 0.6 is 0 Å². The van der Waals surface area contributed by atoms with Crippen molar-refractivity contribution in [2.45, 2.75) is 26.4 Å². The molecule has 0 atom stereocenters. The van der Waals surface area contributed by atoms with Crippen LogP contribution in [0.4, 0.5) is 0 Å². The van der Waals surface area contributed by atoms with E-state index in [-0.39, 0.29) is 6.61 Å². The average Bonchev–Trinajstić information content (AvgIpc) is 2.29. The summed E-state index contributed by atoms with van der Waals surface area (Å²) in [5.74, 6) is 1.58. The normalized spacial score (nSPS) is 10.1. The van der Waals surface area contributed by atoms with Crippen molar-refractivity contribution < 1.29 is 14.6 Å². The molecule has 0 amide bonds. The van der Waals surface area contributed by atoms with Crippen molar-refractivity contribution >= 4 is 0 Å². The molecule has 1 rings (SSSR count). The number of rotatable bonds is 5. The minimum atomic E-state index is -0.000868. The van der Waals surface area contributed by atoms with Crippen molar-refractivity contribution in [1.29, 1.82) is 0 Å². The van der Waals surface area contributed by atoms with Crippen LogP contribution in [0.15, 0.2) is 12.1 Å². The lowest BCUT2D eigenvalue weighted by molar-refractivity contribution is 0.279. The van der Waals surface area contributed by atoms with E-state index in [0.717, 1.165) is 35.5 Å². The number of benzene rings is 1. The lowest BCUT2D eigenvalue weighted by atomic mass is 10.0. The zero-order valence-electron chi connectivity index (χ0n) is 9.54. The van der Waals surface area contributed by atoms with Crippen LogP contribution in [0.25, 0.3) is 0 Å². The standard InChI is InChI=1S/C12H18O3/c1-4-5-10-11(14-2)6-9(8-13)7-12(10)15-3/h6-7,13H,4-5,8H2,1-3H3. The Morgan fingerprint density at radius 2 is 1.67 bits per heavy atom. The van der Waals surface area contributed by atoms with Gasteiger partial charge in [-0.05, 0) is 24.1 Å². The van der Waals surface area contributed by atoms with Crippen LogP contribution in [0.1, 0.15) is 24.5 Å². The summed E-state index contributed by atoms with van der Waals surface area (Å²) in [7, 11) is 3.27. The van der Waals surface area contributed by atoms with E-state index in [0.29, 0.717) is 0 Å². The van der Waals surface area contributed by atoms with Gasteiger partial charge >= 0.3 is 0 Å². The molecule has 0 aliphatic heterocycles. The molecule has 0 spiro atoms. The molecule has 0 aliphatic rings. The first-order valence-electron chi connectivity index (χ1n) is 5.11. The summed E-state index contributed by atoms with van der Waals surface area (Å²) < 4.78 is 10.6.